The van der Waals surface area contributed by atoms with E-state index >= 15 is 0 Å². The molecule has 0 saturated carbocycles. The van der Waals surface area contributed by atoms with Crippen molar-refractivity contribution in [3.8, 4) is 5.75 Å². The molecule has 2 radical (unpaired) electrons. The molecule has 0 heterocycles. The number of aromatic hydroxyl groups is 1. The van der Waals surface area contributed by atoms with Crippen LogP contribution in [0.15, 0.2) is 34.9 Å². The topological polar surface area (TPSA) is 20.2 Å². The number of phenolic OH excluding ortho intramolecular Hbond substituents is 1. The van der Waals surface area contributed by atoms with Gasteiger partial charge >= 0.3 is 0 Å². The van der Waals surface area contributed by atoms with Crippen LogP contribution in [0, 0.1) is 18.9 Å². The Balaban J connectivity index is 0. The van der Waals surface area contributed by atoms with Gasteiger partial charge < -0.3 is 5.11 Å². The summed E-state index contributed by atoms with van der Waals surface area (Å²) >= 11 is 0. The monoisotopic (exact) mass is 449 g/mol. The van der Waals surface area contributed by atoms with Crippen molar-refractivity contribution in [3.63, 3.8) is 0 Å². The summed E-state index contributed by atoms with van der Waals surface area (Å²) in [5.74, 6) is 0.958. The SMILES string of the molecule is CC1=[C-]C(C)C(C)=C1C.C[Si]C.Cc1cc(O)cc([Si](C)(C)C(C)(C)C)c1.[Ti]. The number of hydrogen-bond donors (Lipinski definition) is 1. The van der Waals surface area contributed by atoms with Crippen LogP contribution in [-0.2, 0) is 21.7 Å². The van der Waals surface area contributed by atoms with E-state index in [1.807, 2.05) is 19.1 Å². The van der Waals surface area contributed by atoms with Crippen LogP contribution in [-0.4, -0.2) is 22.7 Å². The molecule has 156 valence electrons. The molecule has 0 spiro atoms. The maximum Gasteiger partial charge on any atom is 0.115 e. The Morgan fingerprint density at radius 2 is 1.46 bits per heavy atom. The minimum Gasteiger partial charge on any atom is -0.508 e. The summed E-state index contributed by atoms with van der Waals surface area (Å²) in [5, 5.41) is 11.3. The Morgan fingerprint density at radius 1 is 1.00 bits per heavy atom. The zero-order chi connectivity index (χ0) is 21.6. The molecule has 1 aromatic rings. The predicted octanol–water partition coefficient (Wildman–Crippen LogP) is 6.92. The van der Waals surface area contributed by atoms with Crippen molar-refractivity contribution in [2.45, 2.75) is 86.6 Å². The van der Waals surface area contributed by atoms with Crippen molar-refractivity contribution in [2.75, 3.05) is 0 Å². The molecule has 4 heteroatoms. The fourth-order valence-electron chi connectivity index (χ4n) is 2.72. The van der Waals surface area contributed by atoms with Gasteiger partial charge in [-0.3, -0.25) is 6.08 Å². The third-order valence-corrected chi connectivity index (χ3v) is 11.4. The predicted molar refractivity (Wildman–Crippen MR) is 127 cm³/mol. The van der Waals surface area contributed by atoms with Crippen LogP contribution in [0.2, 0.25) is 31.2 Å². The average molecular weight is 450 g/mol. The Labute approximate surface area is 193 Å². The molecule has 0 aromatic heterocycles. The van der Waals surface area contributed by atoms with E-state index in [4.69, 9.17) is 0 Å². The third kappa shape index (κ3) is 8.57. The third-order valence-electron chi connectivity index (χ3n) is 5.90. The van der Waals surface area contributed by atoms with Gasteiger partial charge in [-0.2, -0.15) is 11.1 Å². The molecule has 0 aliphatic heterocycles. The molecule has 28 heavy (non-hydrogen) atoms. The van der Waals surface area contributed by atoms with E-state index in [0.717, 1.165) is 15.1 Å². The van der Waals surface area contributed by atoms with E-state index in [1.54, 1.807) is 0 Å². The van der Waals surface area contributed by atoms with Crippen molar-refractivity contribution in [2.24, 2.45) is 5.92 Å². The van der Waals surface area contributed by atoms with Crippen LogP contribution in [0.1, 0.15) is 54.0 Å². The standard InChI is InChI=1S/C13H22OSi.C9H13.C2H6Si.Ti/c1-10-7-11(14)9-12(8-10)15(5,6)13(2,3)4;1-6-5-7(2)9(4)8(6)3;1-3-2;/h7-9,14H,1-6H3;6H,1-4H3;1-2H3;/q;-1;;. The van der Waals surface area contributed by atoms with E-state index in [1.165, 1.54) is 21.9 Å². The molecule has 1 unspecified atom stereocenters. The Bertz CT molecular complexity index is 662. The maximum absolute atomic E-state index is 9.65. The van der Waals surface area contributed by atoms with E-state index in [-0.39, 0.29) is 21.7 Å². The Kier molecular flexibility index (Phi) is 13.2. The van der Waals surface area contributed by atoms with Gasteiger partial charge in [0.1, 0.15) is 5.75 Å². The zero-order valence-corrected chi connectivity index (χ0v) is 23.8. The summed E-state index contributed by atoms with van der Waals surface area (Å²) in [4.78, 5) is 0. The van der Waals surface area contributed by atoms with Crippen LogP contribution in [0.5, 0.6) is 5.75 Å². The normalized spacial score (nSPS) is 16.3. The average Bonchev–Trinajstić information content (AvgIpc) is 2.73. The number of hydrogen-bond acceptors (Lipinski definition) is 1. The number of phenols is 1. The van der Waals surface area contributed by atoms with E-state index < -0.39 is 8.07 Å². The van der Waals surface area contributed by atoms with Crippen LogP contribution >= 0.6 is 0 Å². The first-order valence-electron chi connectivity index (χ1n) is 9.86. The quantitative estimate of drug-likeness (QED) is 0.364. The van der Waals surface area contributed by atoms with Gasteiger partial charge in [-0.1, -0.05) is 84.9 Å². The van der Waals surface area contributed by atoms with Gasteiger partial charge in [-0.15, -0.1) is 6.92 Å². The molecular formula is C24H41OSi2Ti-. The fraction of sp³-hybridized carbons (Fsp3) is 0.583. The second kappa shape index (κ2) is 12.4. The van der Waals surface area contributed by atoms with Crippen LogP contribution < -0.4 is 5.19 Å². The number of allylic oxidation sites excluding steroid dienone is 4. The molecule has 1 N–H and O–H groups in total. The largest absolute Gasteiger partial charge is 0.508 e. The van der Waals surface area contributed by atoms with E-state index in [9.17, 15) is 5.11 Å². The summed E-state index contributed by atoms with van der Waals surface area (Å²) < 4.78 is 0. The van der Waals surface area contributed by atoms with Crippen LogP contribution in [0.25, 0.3) is 0 Å². The maximum atomic E-state index is 9.65. The van der Waals surface area contributed by atoms with Crippen molar-refractivity contribution in [1.29, 1.82) is 0 Å². The van der Waals surface area contributed by atoms with Gasteiger partial charge in [0.25, 0.3) is 0 Å². The van der Waals surface area contributed by atoms with Gasteiger partial charge in [0.15, 0.2) is 0 Å². The van der Waals surface area contributed by atoms with Crippen molar-refractivity contribution in [1.82, 2.24) is 0 Å². The molecular weight excluding hydrogens is 408 g/mol. The van der Waals surface area contributed by atoms with Crippen molar-refractivity contribution in [3.05, 3.63) is 46.6 Å². The van der Waals surface area contributed by atoms with Crippen molar-refractivity contribution >= 4 is 22.8 Å². The van der Waals surface area contributed by atoms with Gasteiger partial charge in [-0.05, 0) is 29.7 Å². The zero-order valence-electron chi connectivity index (χ0n) is 20.3. The minimum atomic E-state index is -1.50. The minimum absolute atomic E-state index is 0. The molecule has 0 saturated heterocycles. The molecule has 1 aliphatic rings. The first kappa shape index (κ1) is 29.8. The first-order chi connectivity index (χ1) is 12.2. The van der Waals surface area contributed by atoms with Crippen LogP contribution in [0.3, 0.4) is 0 Å². The molecule has 1 atom stereocenters. The van der Waals surface area contributed by atoms with Crippen LogP contribution in [0.4, 0.5) is 0 Å². The summed E-state index contributed by atoms with van der Waals surface area (Å²) in [5.41, 5.74) is 5.39. The Morgan fingerprint density at radius 3 is 1.71 bits per heavy atom. The molecule has 0 bridgehead atoms. The summed E-state index contributed by atoms with van der Waals surface area (Å²) in [6.45, 7) is 26.6. The van der Waals surface area contributed by atoms with E-state index in [2.05, 4.69) is 86.8 Å². The molecule has 1 aromatic carbocycles. The van der Waals surface area contributed by atoms with Gasteiger partial charge in [0.05, 0.1) is 8.07 Å². The second-order valence-corrected chi connectivity index (χ2v) is 15.6. The summed E-state index contributed by atoms with van der Waals surface area (Å²) in [6, 6.07) is 5.97. The smallest absolute Gasteiger partial charge is 0.115 e. The summed E-state index contributed by atoms with van der Waals surface area (Å²) in [7, 11) is -0.420. The molecule has 1 nitrogen and oxygen atoms in total. The van der Waals surface area contributed by atoms with Gasteiger partial charge in [-0.25, -0.2) is 5.57 Å². The molecule has 2 rings (SSSR count). The number of aryl methyl sites for hydroxylation is 1. The first-order valence-corrected chi connectivity index (χ1v) is 14.9. The van der Waals surface area contributed by atoms with Gasteiger partial charge in [0.2, 0.25) is 0 Å². The van der Waals surface area contributed by atoms with E-state index in [0.29, 0.717) is 16.7 Å². The Hall–Kier alpha value is -0.352. The number of rotatable bonds is 1. The number of benzene rings is 1. The fourth-order valence-corrected chi connectivity index (χ4v) is 4.68. The molecule has 0 amide bonds. The molecule has 0 fully saturated rings. The second-order valence-electron chi connectivity index (χ2n) is 9.23. The molecule has 1 aliphatic carbocycles. The van der Waals surface area contributed by atoms with Crippen molar-refractivity contribution < 1.29 is 26.8 Å². The van der Waals surface area contributed by atoms with Gasteiger partial charge in [0, 0.05) is 31.2 Å². The summed E-state index contributed by atoms with van der Waals surface area (Å²) in [6.07, 6.45) is 3.36.